The van der Waals surface area contributed by atoms with Gasteiger partial charge in [-0.25, -0.2) is 5.43 Å². The van der Waals surface area contributed by atoms with Crippen LogP contribution in [0.1, 0.15) is 25.6 Å². The number of rotatable bonds is 5. The van der Waals surface area contributed by atoms with Gasteiger partial charge >= 0.3 is 0 Å². The first-order valence-corrected chi connectivity index (χ1v) is 8.44. The fourth-order valence-corrected chi connectivity index (χ4v) is 2.67. The van der Waals surface area contributed by atoms with Crippen LogP contribution in [0.4, 0.5) is 5.69 Å². The molecule has 0 spiro atoms. The molecule has 1 heterocycles. The van der Waals surface area contributed by atoms with E-state index < -0.39 is 0 Å². The van der Waals surface area contributed by atoms with Gasteiger partial charge in [0.05, 0.1) is 6.21 Å². The number of thiophene rings is 1. The number of nitrogens with one attached hydrogen (secondary N) is 2. The van der Waals surface area contributed by atoms with E-state index in [0.29, 0.717) is 16.8 Å². The van der Waals surface area contributed by atoms with Gasteiger partial charge in [0.25, 0.3) is 11.8 Å². The summed E-state index contributed by atoms with van der Waals surface area (Å²) in [6.45, 7) is 0. The van der Waals surface area contributed by atoms with E-state index in [1.165, 1.54) is 11.3 Å². The van der Waals surface area contributed by atoms with Gasteiger partial charge in [-0.05, 0) is 47.8 Å². The lowest BCUT2D eigenvalue weighted by Crippen LogP contribution is -2.17. The van der Waals surface area contributed by atoms with E-state index in [0.717, 1.165) is 4.88 Å². The number of amides is 2. The van der Waals surface area contributed by atoms with Gasteiger partial charge < -0.3 is 5.32 Å². The minimum atomic E-state index is -0.311. The summed E-state index contributed by atoms with van der Waals surface area (Å²) in [5.74, 6) is -0.507. The molecule has 0 saturated heterocycles. The average Bonchev–Trinajstić information content (AvgIpc) is 3.16. The Morgan fingerprint density at radius 1 is 0.840 bits per heavy atom. The fourth-order valence-electron chi connectivity index (χ4n) is 2.08. The fraction of sp³-hybridized carbons (Fsp3) is 0. The Morgan fingerprint density at radius 3 is 2.24 bits per heavy atom. The van der Waals surface area contributed by atoms with Crippen LogP contribution >= 0.6 is 11.3 Å². The van der Waals surface area contributed by atoms with E-state index in [1.807, 2.05) is 23.6 Å². The van der Waals surface area contributed by atoms with Gasteiger partial charge in [0.2, 0.25) is 0 Å². The van der Waals surface area contributed by atoms with Gasteiger partial charge in [-0.3, -0.25) is 9.59 Å². The molecule has 0 atom stereocenters. The summed E-state index contributed by atoms with van der Waals surface area (Å²) in [6.07, 6.45) is 1.59. The Kier molecular flexibility index (Phi) is 5.33. The smallest absolute Gasteiger partial charge is 0.271 e. The van der Waals surface area contributed by atoms with Gasteiger partial charge in [0.15, 0.2) is 0 Å². The van der Waals surface area contributed by atoms with E-state index in [1.54, 1.807) is 54.7 Å². The lowest BCUT2D eigenvalue weighted by Gasteiger charge is -2.06. The lowest BCUT2D eigenvalue weighted by molar-refractivity contribution is 0.0954. The molecule has 2 aromatic carbocycles. The molecule has 0 bridgehead atoms. The van der Waals surface area contributed by atoms with Crippen molar-refractivity contribution in [1.82, 2.24) is 5.43 Å². The Morgan fingerprint density at radius 2 is 1.56 bits per heavy atom. The van der Waals surface area contributed by atoms with E-state index in [-0.39, 0.29) is 11.8 Å². The molecule has 3 rings (SSSR count). The monoisotopic (exact) mass is 349 g/mol. The number of anilines is 1. The molecule has 6 heteroatoms. The van der Waals surface area contributed by atoms with Crippen molar-refractivity contribution in [3.05, 3.63) is 88.1 Å². The molecule has 124 valence electrons. The summed E-state index contributed by atoms with van der Waals surface area (Å²) < 4.78 is 0. The molecule has 3 aromatic rings. The zero-order valence-corrected chi connectivity index (χ0v) is 14.0. The standard InChI is InChI=1S/C19H15N3O2S/c23-18(14-5-2-1-3-6-14)21-16-10-8-15(9-11-16)19(24)22-20-13-17-7-4-12-25-17/h1-13H,(H,21,23)(H,22,24)/b20-13-. The highest BCUT2D eigenvalue weighted by atomic mass is 32.1. The summed E-state index contributed by atoms with van der Waals surface area (Å²) in [5, 5.41) is 8.64. The molecule has 0 saturated carbocycles. The minimum absolute atomic E-state index is 0.196. The molecule has 2 N–H and O–H groups in total. The quantitative estimate of drug-likeness (QED) is 0.544. The highest BCUT2D eigenvalue weighted by molar-refractivity contribution is 7.11. The van der Waals surface area contributed by atoms with Crippen LogP contribution in [0.25, 0.3) is 0 Å². The Labute approximate surface area is 149 Å². The van der Waals surface area contributed by atoms with Crippen LogP contribution in [-0.2, 0) is 0 Å². The number of carbonyl (C=O) groups is 2. The van der Waals surface area contributed by atoms with Crippen molar-refractivity contribution in [3.63, 3.8) is 0 Å². The van der Waals surface area contributed by atoms with Crippen molar-refractivity contribution < 1.29 is 9.59 Å². The largest absolute Gasteiger partial charge is 0.322 e. The van der Waals surface area contributed by atoms with E-state index in [9.17, 15) is 9.59 Å². The number of benzene rings is 2. The summed E-state index contributed by atoms with van der Waals surface area (Å²) in [4.78, 5) is 25.1. The third kappa shape index (κ3) is 4.62. The molecule has 1 aromatic heterocycles. The number of hydrazone groups is 1. The Balaban J connectivity index is 1.58. The molecule has 0 fully saturated rings. The van der Waals surface area contributed by atoms with Gasteiger partial charge in [0.1, 0.15) is 0 Å². The van der Waals surface area contributed by atoms with E-state index in [2.05, 4.69) is 15.8 Å². The molecular formula is C19H15N3O2S. The van der Waals surface area contributed by atoms with Crippen molar-refractivity contribution in [2.75, 3.05) is 5.32 Å². The average molecular weight is 349 g/mol. The molecule has 2 amide bonds. The maximum atomic E-state index is 12.1. The predicted molar refractivity (Wildman–Crippen MR) is 100 cm³/mol. The Hall–Kier alpha value is -3.25. The number of hydrogen-bond acceptors (Lipinski definition) is 4. The third-order valence-electron chi connectivity index (χ3n) is 3.34. The van der Waals surface area contributed by atoms with Crippen molar-refractivity contribution in [2.24, 2.45) is 5.10 Å². The number of hydrogen-bond donors (Lipinski definition) is 2. The zero-order chi connectivity index (χ0) is 17.5. The van der Waals surface area contributed by atoms with Crippen LogP contribution in [-0.4, -0.2) is 18.0 Å². The molecule has 0 radical (unpaired) electrons. The molecule has 25 heavy (non-hydrogen) atoms. The van der Waals surface area contributed by atoms with Crippen molar-refractivity contribution in [1.29, 1.82) is 0 Å². The molecule has 0 aliphatic carbocycles. The van der Waals surface area contributed by atoms with Crippen LogP contribution in [0.2, 0.25) is 0 Å². The second-order valence-electron chi connectivity index (χ2n) is 5.11. The van der Waals surface area contributed by atoms with Crippen LogP contribution < -0.4 is 10.7 Å². The van der Waals surface area contributed by atoms with Gasteiger partial charge in [-0.15, -0.1) is 11.3 Å². The van der Waals surface area contributed by atoms with Crippen molar-refractivity contribution in [3.8, 4) is 0 Å². The first-order valence-electron chi connectivity index (χ1n) is 7.56. The maximum absolute atomic E-state index is 12.1. The molecule has 5 nitrogen and oxygen atoms in total. The second kappa shape index (κ2) is 8.03. The van der Waals surface area contributed by atoms with Gasteiger partial charge in [-0.1, -0.05) is 24.3 Å². The van der Waals surface area contributed by atoms with Crippen LogP contribution in [0, 0.1) is 0 Å². The van der Waals surface area contributed by atoms with E-state index in [4.69, 9.17) is 0 Å². The molecule has 0 aliphatic heterocycles. The lowest BCUT2D eigenvalue weighted by atomic mass is 10.2. The summed E-state index contributed by atoms with van der Waals surface area (Å²) in [7, 11) is 0. The SMILES string of the molecule is O=C(N/N=C\c1cccs1)c1ccc(NC(=O)c2ccccc2)cc1. The third-order valence-corrected chi connectivity index (χ3v) is 4.15. The van der Waals surface area contributed by atoms with Crippen LogP contribution in [0.15, 0.2) is 77.2 Å². The number of carbonyl (C=O) groups excluding carboxylic acids is 2. The van der Waals surface area contributed by atoms with Crippen LogP contribution in [0.3, 0.4) is 0 Å². The first kappa shape index (κ1) is 16.6. The normalized spacial score (nSPS) is 10.6. The minimum Gasteiger partial charge on any atom is -0.322 e. The summed E-state index contributed by atoms with van der Waals surface area (Å²) in [5.41, 5.74) is 4.13. The van der Waals surface area contributed by atoms with Gasteiger partial charge in [0, 0.05) is 21.7 Å². The highest BCUT2D eigenvalue weighted by Gasteiger charge is 2.07. The molecule has 0 aliphatic rings. The van der Waals surface area contributed by atoms with E-state index >= 15 is 0 Å². The predicted octanol–water partition coefficient (Wildman–Crippen LogP) is 3.76. The summed E-state index contributed by atoms with van der Waals surface area (Å²) >= 11 is 1.54. The van der Waals surface area contributed by atoms with Gasteiger partial charge in [-0.2, -0.15) is 5.10 Å². The van der Waals surface area contributed by atoms with Crippen LogP contribution in [0.5, 0.6) is 0 Å². The highest BCUT2D eigenvalue weighted by Crippen LogP contribution is 2.11. The van der Waals surface area contributed by atoms with Crippen molar-refractivity contribution >= 4 is 35.1 Å². The molecular weight excluding hydrogens is 334 g/mol. The zero-order valence-electron chi connectivity index (χ0n) is 13.2. The maximum Gasteiger partial charge on any atom is 0.271 e. The second-order valence-corrected chi connectivity index (χ2v) is 6.09. The van der Waals surface area contributed by atoms with Crippen molar-refractivity contribution in [2.45, 2.75) is 0 Å². The topological polar surface area (TPSA) is 70.6 Å². The molecule has 0 unspecified atom stereocenters. The first-order chi connectivity index (χ1) is 12.2. The Bertz CT molecular complexity index is 873. The summed E-state index contributed by atoms with van der Waals surface area (Å²) in [6, 6.07) is 19.4. The number of nitrogens with zero attached hydrogens (tertiary/aromatic N) is 1.